The highest BCUT2D eigenvalue weighted by Gasteiger charge is 2.19. The van der Waals surface area contributed by atoms with Gasteiger partial charge in [-0.15, -0.1) is 0 Å². The van der Waals surface area contributed by atoms with Crippen LogP contribution in [0.3, 0.4) is 0 Å². The molecule has 78 valence electrons. The van der Waals surface area contributed by atoms with Gasteiger partial charge >= 0.3 is 0 Å². The van der Waals surface area contributed by atoms with Crippen molar-refractivity contribution >= 4 is 21.5 Å². The van der Waals surface area contributed by atoms with Crippen molar-refractivity contribution in [1.29, 1.82) is 0 Å². The number of allylic oxidation sites excluding steroid dienone is 2. The van der Waals surface area contributed by atoms with Gasteiger partial charge in [-0.3, -0.25) is 0 Å². The zero-order chi connectivity index (χ0) is 11.2. The molecule has 1 aliphatic heterocycles. The highest BCUT2D eigenvalue weighted by Crippen LogP contribution is 2.43. The third kappa shape index (κ3) is 1.57. The number of aromatic hydroxyl groups is 1. The van der Waals surface area contributed by atoms with E-state index in [1.54, 1.807) is 0 Å². The molecule has 15 heavy (non-hydrogen) atoms. The van der Waals surface area contributed by atoms with Gasteiger partial charge in [-0.25, -0.2) is 0 Å². The van der Waals surface area contributed by atoms with Crippen LogP contribution in [-0.4, -0.2) is 5.11 Å². The number of phenolic OH excluding ortho intramolecular Hbond substituents is 1. The Kier molecular flexibility index (Phi) is 2.35. The molecule has 0 atom stereocenters. The molecule has 0 saturated carbocycles. The molecule has 0 spiro atoms. The van der Waals surface area contributed by atoms with Crippen LogP contribution in [0.15, 0.2) is 29.0 Å². The monoisotopic (exact) mass is 266 g/mol. The number of benzene rings is 1. The SMILES string of the molecule is C=C1C=C(C)c2cc(Br)c(O)c(C)c2O1. The lowest BCUT2D eigenvalue weighted by molar-refractivity contribution is 0.422. The molecule has 0 radical (unpaired) electrons. The van der Waals surface area contributed by atoms with Crippen LogP contribution >= 0.6 is 15.9 Å². The maximum atomic E-state index is 9.76. The molecule has 2 rings (SSSR count). The Morgan fingerprint density at radius 1 is 1.40 bits per heavy atom. The van der Waals surface area contributed by atoms with E-state index >= 15 is 0 Å². The molecule has 0 fully saturated rings. The maximum Gasteiger partial charge on any atom is 0.141 e. The van der Waals surface area contributed by atoms with Crippen LogP contribution in [0.5, 0.6) is 11.5 Å². The van der Waals surface area contributed by atoms with Gasteiger partial charge in [-0.2, -0.15) is 0 Å². The highest BCUT2D eigenvalue weighted by molar-refractivity contribution is 9.10. The Labute approximate surface area is 97.0 Å². The van der Waals surface area contributed by atoms with Crippen molar-refractivity contribution in [3.05, 3.63) is 40.1 Å². The second-order valence-corrected chi connectivity index (χ2v) is 4.46. The summed E-state index contributed by atoms with van der Waals surface area (Å²) in [5.41, 5.74) is 2.81. The molecule has 0 bridgehead atoms. The van der Waals surface area contributed by atoms with Crippen LogP contribution in [0.2, 0.25) is 0 Å². The van der Waals surface area contributed by atoms with Gasteiger partial charge in [0, 0.05) is 11.1 Å². The van der Waals surface area contributed by atoms with Crippen molar-refractivity contribution in [2.45, 2.75) is 13.8 Å². The maximum absolute atomic E-state index is 9.76. The molecule has 1 N–H and O–H groups in total. The number of halogens is 1. The van der Waals surface area contributed by atoms with E-state index in [1.807, 2.05) is 26.0 Å². The molecule has 2 nitrogen and oxygen atoms in total. The lowest BCUT2D eigenvalue weighted by Crippen LogP contribution is -2.03. The Hall–Kier alpha value is -1.22. The molecule has 1 aliphatic rings. The summed E-state index contributed by atoms with van der Waals surface area (Å²) in [4.78, 5) is 0. The van der Waals surface area contributed by atoms with Crippen LogP contribution in [0, 0.1) is 6.92 Å². The molecule has 1 aromatic carbocycles. The second kappa shape index (κ2) is 3.42. The van der Waals surface area contributed by atoms with E-state index in [9.17, 15) is 5.11 Å². The molecule has 0 saturated heterocycles. The number of hydrogen-bond acceptors (Lipinski definition) is 2. The third-order valence-corrected chi connectivity index (χ3v) is 3.08. The predicted molar refractivity (Wildman–Crippen MR) is 64.0 cm³/mol. The summed E-state index contributed by atoms with van der Waals surface area (Å²) in [5.74, 6) is 1.52. The summed E-state index contributed by atoms with van der Waals surface area (Å²) >= 11 is 3.31. The molecule has 1 heterocycles. The third-order valence-electron chi connectivity index (χ3n) is 2.47. The van der Waals surface area contributed by atoms with Crippen molar-refractivity contribution in [2.24, 2.45) is 0 Å². The highest BCUT2D eigenvalue weighted by atomic mass is 79.9. The minimum atomic E-state index is 0.219. The molecule has 3 heteroatoms. The number of ether oxygens (including phenoxy) is 1. The summed E-state index contributed by atoms with van der Waals surface area (Å²) in [5, 5.41) is 9.76. The van der Waals surface area contributed by atoms with Crippen LogP contribution in [0.25, 0.3) is 5.57 Å². The molecule has 0 aliphatic carbocycles. The van der Waals surface area contributed by atoms with E-state index in [2.05, 4.69) is 22.5 Å². The van der Waals surface area contributed by atoms with Gasteiger partial charge in [0.25, 0.3) is 0 Å². The minimum absolute atomic E-state index is 0.219. The van der Waals surface area contributed by atoms with E-state index in [1.165, 1.54) is 0 Å². The van der Waals surface area contributed by atoms with E-state index < -0.39 is 0 Å². The quantitative estimate of drug-likeness (QED) is 0.775. The molecule has 0 aromatic heterocycles. The van der Waals surface area contributed by atoms with Gasteiger partial charge in [-0.1, -0.05) is 6.58 Å². The first-order chi connectivity index (χ1) is 7.00. The summed E-state index contributed by atoms with van der Waals surface area (Å²) in [7, 11) is 0. The van der Waals surface area contributed by atoms with Crippen LogP contribution in [0.4, 0.5) is 0 Å². The Bertz CT molecular complexity index is 487. The van der Waals surface area contributed by atoms with Gasteiger partial charge in [0.2, 0.25) is 0 Å². The van der Waals surface area contributed by atoms with E-state index in [0.717, 1.165) is 16.7 Å². The van der Waals surface area contributed by atoms with E-state index in [0.29, 0.717) is 16.0 Å². The summed E-state index contributed by atoms with van der Waals surface area (Å²) in [6, 6.07) is 1.86. The van der Waals surface area contributed by atoms with Crippen molar-refractivity contribution < 1.29 is 9.84 Å². The Balaban J connectivity index is 2.75. The standard InChI is InChI=1S/C12H11BrO2/c1-6-4-7(2)15-12-8(3)11(14)10(13)5-9(6)12/h4-5,14H,2H2,1,3H3. The summed E-state index contributed by atoms with van der Waals surface area (Å²) in [6.45, 7) is 7.58. The fourth-order valence-electron chi connectivity index (χ4n) is 1.65. The van der Waals surface area contributed by atoms with Crippen molar-refractivity contribution in [3.8, 4) is 11.5 Å². The number of phenols is 1. The summed E-state index contributed by atoms with van der Waals surface area (Å²) < 4.78 is 6.20. The van der Waals surface area contributed by atoms with Gasteiger partial charge in [-0.05, 0) is 47.5 Å². The average Bonchev–Trinajstić information content (AvgIpc) is 2.17. The Morgan fingerprint density at radius 3 is 2.73 bits per heavy atom. The van der Waals surface area contributed by atoms with Crippen LogP contribution < -0.4 is 4.74 Å². The van der Waals surface area contributed by atoms with Gasteiger partial charge < -0.3 is 9.84 Å². The number of rotatable bonds is 0. The van der Waals surface area contributed by atoms with Crippen LogP contribution in [0.1, 0.15) is 18.1 Å². The van der Waals surface area contributed by atoms with E-state index in [-0.39, 0.29) is 5.75 Å². The average molecular weight is 267 g/mol. The van der Waals surface area contributed by atoms with E-state index in [4.69, 9.17) is 4.74 Å². The lowest BCUT2D eigenvalue weighted by atomic mass is 10.00. The topological polar surface area (TPSA) is 29.5 Å². The first-order valence-corrected chi connectivity index (χ1v) is 5.37. The second-order valence-electron chi connectivity index (χ2n) is 3.60. The molecule has 0 unspecified atom stereocenters. The van der Waals surface area contributed by atoms with Gasteiger partial charge in [0.15, 0.2) is 0 Å². The predicted octanol–water partition coefficient (Wildman–Crippen LogP) is 3.77. The molecule has 0 amide bonds. The first-order valence-electron chi connectivity index (χ1n) is 4.58. The minimum Gasteiger partial charge on any atom is -0.506 e. The molecular weight excluding hydrogens is 256 g/mol. The van der Waals surface area contributed by atoms with Crippen molar-refractivity contribution in [2.75, 3.05) is 0 Å². The lowest BCUT2D eigenvalue weighted by Gasteiger charge is -2.20. The summed E-state index contributed by atoms with van der Waals surface area (Å²) in [6.07, 6.45) is 1.88. The van der Waals surface area contributed by atoms with Crippen molar-refractivity contribution in [1.82, 2.24) is 0 Å². The molecular formula is C12H11BrO2. The fourth-order valence-corrected chi connectivity index (χ4v) is 2.18. The number of fused-ring (bicyclic) bond motifs is 1. The largest absolute Gasteiger partial charge is 0.506 e. The smallest absolute Gasteiger partial charge is 0.141 e. The van der Waals surface area contributed by atoms with Crippen molar-refractivity contribution in [3.63, 3.8) is 0 Å². The van der Waals surface area contributed by atoms with Gasteiger partial charge in [0.05, 0.1) is 4.47 Å². The molecule has 1 aromatic rings. The van der Waals surface area contributed by atoms with Crippen LogP contribution in [-0.2, 0) is 0 Å². The van der Waals surface area contributed by atoms with Gasteiger partial charge in [0.1, 0.15) is 17.3 Å². The Morgan fingerprint density at radius 2 is 2.07 bits per heavy atom. The fraction of sp³-hybridized carbons (Fsp3) is 0.167. The number of hydrogen-bond donors (Lipinski definition) is 1. The zero-order valence-corrected chi connectivity index (χ0v) is 10.2. The normalized spacial score (nSPS) is 14.3. The first kappa shape index (κ1) is 10.3. The zero-order valence-electron chi connectivity index (χ0n) is 8.60.